The predicted molar refractivity (Wildman–Crippen MR) is 125 cm³/mol. The highest BCUT2D eigenvalue weighted by molar-refractivity contribution is 7.89. The van der Waals surface area contributed by atoms with Gasteiger partial charge in [-0.15, -0.1) is 0 Å². The average molecular weight is 486 g/mol. The molecular formula is C24H27N3O6S. The van der Waals surface area contributed by atoms with Crippen LogP contribution in [0.15, 0.2) is 53.4 Å². The van der Waals surface area contributed by atoms with Crippen LogP contribution < -0.4 is 9.64 Å². The van der Waals surface area contributed by atoms with E-state index in [1.54, 1.807) is 36.4 Å². The van der Waals surface area contributed by atoms with Crippen molar-refractivity contribution in [1.82, 2.24) is 4.31 Å². The molecule has 1 saturated heterocycles. The first-order chi connectivity index (χ1) is 16.4. The van der Waals surface area contributed by atoms with Gasteiger partial charge in [-0.3, -0.25) is 4.79 Å². The zero-order valence-corrected chi connectivity index (χ0v) is 19.8. The number of methoxy groups -OCH3 is 1. The Bertz CT molecular complexity index is 1170. The first-order valence-electron chi connectivity index (χ1n) is 11.0. The molecule has 0 aliphatic carbocycles. The number of para-hydroxylation sites is 2. The van der Waals surface area contributed by atoms with E-state index in [1.165, 1.54) is 28.4 Å². The lowest BCUT2D eigenvalue weighted by molar-refractivity contribution is -0.121. The van der Waals surface area contributed by atoms with Gasteiger partial charge in [-0.2, -0.15) is 9.57 Å². The minimum absolute atomic E-state index is 0.0641. The minimum Gasteiger partial charge on any atom is -0.495 e. The summed E-state index contributed by atoms with van der Waals surface area (Å²) >= 11 is 0. The number of nitriles is 1. The summed E-state index contributed by atoms with van der Waals surface area (Å²) in [4.78, 5) is 27.0. The molecular weight excluding hydrogens is 458 g/mol. The maximum atomic E-state index is 13.1. The number of nitrogens with zero attached hydrogens (tertiary/aromatic N) is 3. The standard InChI is InChI=1S/C24H27N3O6S/c1-32-21-12-5-4-11-20(21)27(17-9-14-25)23(28)18-33-24(29)19-10-3-6-13-22(19)34(30,31)26-15-7-2-8-16-26/h3-6,10-13H,2,7-9,15-18H2,1H3. The molecule has 2 aromatic rings. The number of benzene rings is 2. The largest absolute Gasteiger partial charge is 0.495 e. The van der Waals surface area contributed by atoms with Gasteiger partial charge in [0.25, 0.3) is 5.91 Å². The van der Waals surface area contributed by atoms with E-state index in [0.29, 0.717) is 24.5 Å². The van der Waals surface area contributed by atoms with E-state index in [1.807, 2.05) is 6.07 Å². The second-order valence-electron chi connectivity index (χ2n) is 7.66. The Labute approximate surface area is 199 Å². The number of carbonyl (C=O) groups excluding carboxylic acids is 2. The molecule has 0 spiro atoms. The first kappa shape index (κ1) is 25.2. The summed E-state index contributed by atoms with van der Waals surface area (Å²) in [6.07, 6.45) is 2.56. The lowest BCUT2D eigenvalue weighted by atomic mass is 10.2. The van der Waals surface area contributed by atoms with Crippen molar-refractivity contribution in [3.63, 3.8) is 0 Å². The van der Waals surface area contributed by atoms with Gasteiger partial charge < -0.3 is 14.4 Å². The van der Waals surface area contributed by atoms with E-state index < -0.39 is 28.5 Å². The fraction of sp³-hybridized carbons (Fsp3) is 0.375. The van der Waals surface area contributed by atoms with Crippen molar-refractivity contribution in [3.05, 3.63) is 54.1 Å². The predicted octanol–water partition coefficient (Wildman–Crippen LogP) is 2.97. The van der Waals surface area contributed by atoms with E-state index in [-0.39, 0.29) is 23.4 Å². The molecule has 1 aliphatic rings. The molecule has 0 bridgehead atoms. The molecule has 3 rings (SSSR count). The Morgan fingerprint density at radius 2 is 1.74 bits per heavy atom. The maximum absolute atomic E-state index is 13.1. The number of hydrogen-bond acceptors (Lipinski definition) is 7. The highest BCUT2D eigenvalue weighted by Crippen LogP contribution is 2.28. The number of esters is 1. The van der Waals surface area contributed by atoms with Gasteiger partial charge in [0.2, 0.25) is 10.0 Å². The normalized spacial score (nSPS) is 14.1. The van der Waals surface area contributed by atoms with Crippen LogP contribution in [-0.4, -0.2) is 58.0 Å². The summed E-state index contributed by atoms with van der Waals surface area (Å²) < 4.78 is 38.2. The summed E-state index contributed by atoms with van der Waals surface area (Å²) in [5, 5.41) is 8.99. The average Bonchev–Trinajstić information content (AvgIpc) is 2.88. The number of hydrogen-bond donors (Lipinski definition) is 0. The molecule has 0 radical (unpaired) electrons. The van der Waals surface area contributed by atoms with Crippen molar-refractivity contribution < 1.29 is 27.5 Å². The van der Waals surface area contributed by atoms with Gasteiger partial charge in [-0.05, 0) is 37.1 Å². The van der Waals surface area contributed by atoms with Crippen LogP contribution in [0.1, 0.15) is 36.0 Å². The fourth-order valence-corrected chi connectivity index (χ4v) is 5.48. The van der Waals surface area contributed by atoms with Gasteiger partial charge in [0.1, 0.15) is 5.75 Å². The number of amides is 1. The van der Waals surface area contributed by atoms with Crippen LogP contribution in [0.2, 0.25) is 0 Å². The second kappa shape index (κ2) is 11.6. The Balaban J connectivity index is 1.78. The zero-order valence-electron chi connectivity index (χ0n) is 19.0. The molecule has 1 amide bonds. The van der Waals surface area contributed by atoms with Crippen molar-refractivity contribution in [2.24, 2.45) is 0 Å². The van der Waals surface area contributed by atoms with E-state index in [9.17, 15) is 18.0 Å². The van der Waals surface area contributed by atoms with Crippen LogP contribution in [0.5, 0.6) is 5.75 Å². The summed E-state index contributed by atoms with van der Waals surface area (Å²) in [6.45, 7) is 0.252. The quantitative estimate of drug-likeness (QED) is 0.501. The summed E-state index contributed by atoms with van der Waals surface area (Å²) in [5.41, 5.74) is 0.316. The van der Waals surface area contributed by atoms with E-state index >= 15 is 0 Å². The third-order valence-corrected chi connectivity index (χ3v) is 7.45. The summed E-state index contributed by atoms with van der Waals surface area (Å²) in [5.74, 6) is -1.05. The molecule has 0 saturated carbocycles. The summed E-state index contributed by atoms with van der Waals surface area (Å²) in [6, 6.07) is 14.6. The highest BCUT2D eigenvalue weighted by atomic mass is 32.2. The molecule has 2 aromatic carbocycles. The molecule has 0 unspecified atom stereocenters. The number of anilines is 1. The maximum Gasteiger partial charge on any atom is 0.340 e. The van der Waals surface area contributed by atoms with Crippen LogP contribution >= 0.6 is 0 Å². The lowest BCUT2D eigenvalue weighted by Crippen LogP contribution is -2.37. The Morgan fingerprint density at radius 3 is 2.44 bits per heavy atom. The number of rotatable bonds is 9. The topological polar surface area (TPSA) is 117 Å². The van der Waals surface area contributed by atoms with Crippen molar-refractivity contribution >= 4 is 27.6 Å². The van der Waals surface area contributed by atoms with Gasteiger partial charge >= 0.3 is 5.97 Å². The van der Waals surface area contributed by atoms with Crippen LogP contribution in [0.25, 0.3) is 0 Å². The van der Waals surface area contributed by atoms with Crippen molar-refractivity contribution in [2.45, 2.75) is 30.6 Å². The van der Waals surface area contributed by atoms with Gasteiger partial charge in [0.15, 0.2) is 6.61 Å². The van der Waals surface area contributed by atoms with Gasteiger partial charge in [-0.25, -0.2) is 13.2 Å². The van der Waals surface area contributed by atoms with Crippen molar-refractivity contribution in [3.8, 4) is 11.8 Å². The van der Waals surface area contributed by atoms with Gasteiger partial charge in [-0.1, -0.05) is 30.7 Å². The first-order valence-corrected chi connectivity index (χ1v) is 12.4. The van der Waals surface area contributed by atoms with Crippen LogP contribution in [0.4, 0.5) is 5.69 Å². The molecule has 0 N–H and O–H groups in total. The molecule has 1 aliphatic heterocycles. The number of carbonyl (C=O) groups is 2. The zero-order chi connectivity index (χ0) is 24.6. The highest BCUT2D eigenvalue weighted by Gasteiger charge is 2.30. The van der Waals surface area contributed by atoms with Crippen LogP contribution in [-0.2, 0) is 19.6 Å². The summed E-state index contributed by atoms with van der Waals surface area (Å²) in [7, 11) is -2.41. The molecule has 0 aromatic heterocycles. The fourth-order valence-electron chi connectivity index (χ4n) is 3.78. The monoisotopic (exact) mass is 485 g/mol. The molecule has 10 heteroatoms. The Kier molecular flexibility index (Phi) is 8.62. The molecule has 0 atom stereocenters. The van der Waals surface area contributed by atoms with Crippen molar-refractivity contribution in [1.29, 1.82) is 5.26 Å². The van der Waals surface area contributed by atoms with Crippen LogP contribution in [0.3, 0.4) is 0 Å². The number of piperidine rings is 1. The lowest BCUT2D eigenvalue weighted by Gasteiger charge is -2.26. The Morgan fingerprint density at radius 1 is 1.06 bits per heavy atom. The van der Waals surface area contributed by atoms with Gasteiger partial charge in [0.05, 0.1) is 35.7 Å². The molecule has 1 heterocycles. The molecule has 1 fully saturated rings. The minimum atomic E-state index is -3.87. The van der Waals surface area contributed by atoms with Crippen LogP contribution in [0, 0.1) is 11.3 Å². The van der Waals surface area contributed by atoms with E-state index in [0.717, 1.165) is 19.3 Å². The molecule has 9 nitrogen and oxygen atoms in total. The third kappa shape index (κ3) is 5.73. The molecule has 180 valence electrons. The van der Waals surface area contributed by atoms with E-state index in [2.05, 4.69) is 0 Å². The third-order valence-electron chi connectivity index (χ3n) is 5.49. The number of sulfonamides is 1. The second-order valence-corrected chi connectivity index (χ2v) is 9.57. The Hall–Kier alpha value is -3.42. The number of ether oxygens (including phenoxy) is 2. The van der Waals surface area contributed by atoms with E-state index in [4.69, 9.17) is 14.7 Å². The van der Waals surface area contributed by atoms with Gasteiger partial charge in [0, 0.05) is 19.6 Å². The van der Waals surface area contributed by atoms with Crippen molar-refractivity contribution in [2.75, 3.05) is 38.3 Å². The molecule has 34 heavy (non-hydrogen) atoms. The SMILES string of the molecule is COc1ccccc1N(CCC#N)C(=O)COC(=O)c1ccccc1S(=O)(=O)N1CCCCC1. The smallest absolute Gasteiger partial charge is 0.340 e.